The molecule has 0 spiro atoms. The maximum atomic E-state index is 11.8. The van der Waals surface area contributed by atoms with E-state index in [-0.39, 0.29) is 5.54 Å². The van der Waals surface area contributed by atoms with E-state index in [4.69, 9.17) is 9.15 Å². The van der Waals surface area contributed by atoms with Gasteiger partial charge in [0, 0.05) is 12.1 Å². The minimum atomic E-state index is -0.499. The first kappa shape index (κ1) is 18.5. The Hall–Kier alpha value is -1.56. The zero-order valence-corrected chi connectivity index (χ0v) is 14.7. The third-order valence-electron chi connectivity index (χ3n) is 3.59. The van der Waals surface area contributed by atoms with Crippen LogP contribution in [0.15, 0.2) is 10.6 Å². The summed E-state index contributed by atoms with van der Waals surface area (Å²) in [5, 5.41) is 6.24. The zero-order chi connectivity index (χ0) is 17.0. The van der Waals surface area contributed by atoms with Gasteiger partial charge in [-0.3, -0.25) is 0 Å². The van der Waals surface area contributed by atoms with E-state index in [2.05, 4.69) is 36.4 Å². The van der Waals surface area contributed by atoms with Gasteiger partial charge in [-0.15, -0.1) is 0 Å². The monoisotopic (exact) mass is 311 g/mol. The molecular weight excluding hydrogens is 282 g/mol. The molecule has 1 heterocycles. The van der Waals surface area contributed by atoms with Crippen molar-refractivity contribution in [1.29, 1.82) is 0 Å². The highest BCUT2D eigenvalue weighted by atomic mass is 16.6. The van der Waals surface area contributed by atoms with Gasteiger partial charge >= 0.3 is 6.09 Å². The fraction of sp³-hybridized carbons (Fsp3) is 0.750. The summed E-state index contributed by atoms with van der Waals surface area (Å²) in [6.07, 6.45) is 1.29. The summed E-state index contributed by atoms with van der Waals surface area (Å²) in [7, 11) is 0. The molecule has 1 aromatic heterocycles. The van der Waals surface area contributed by atoms with Crippen LogP contribution < -0.4 is 10.6 Å². The lowest BCUT2D eigenvalue weighted by Crippen LogP contribution is -2.55. The first-order chi connectivity index (χ1) is 10.0. The Morgan fingerprint density at radius 1 is 1.36 bits per heavy atom. The number of hydrogen-bond acceptors (Lipinski definition) is 5. The molecule has 1 amide bonds. The van der Waals surface area contributed by atoms with Crippen molar-refractivity contribution in [1.82, 2.24) is 15.6 Å². The lowest BCUT2D eigenvalue weighted by Gasteiger charge is -2.35. The van der Waals surface area contributed by atoms with Crippen molar-refractivity contribution in [2.45, 2.75) is 66.2 Å². The van der Waals surface area contributed by atoms with Gasteiger partial charge in [-0.1, -0.05) is 13.8 Å². The highest BCUT2D eigenvalue weighted by molar-refractivity contribution is 5.67. The van der Waals surface area contributed by atoms with Crippen molar-refractivity contribution in [3.05, 3.63) is 17.8 Å². The topological polar surface area (TPSA) is 76.4 Å². The molecule has 0 saturated carbocycles. The fourth-order valence-corrected chi connectivity index (χ4v) is 1.80. The summed E-state index contributed by atoms with van der Waals surface area (Å²) in [6, 6.07) is 0. The van der Waals surface area contributed by atoms with E-state index in [1.165, 1.54) is 0 Å². The minimum absolute atomic E-state index is 0.292. The summed E-state index contributed by atoms with van der Waals surface area (Å²) in [5.41, 5.74) is -0.791. The van der Waals surface area contributed by atoms with Crippen LogP contribution in [0.2, 0.25) is 0 Å². The van der Waals surface area contributed by atoms with Crippen LogP contribution in [0, 0.1) is 12.8 Å². The third kappa shape index (κ3) is 6.05. The predicted molar refractivity (Wildman–Crippen MR) is 85.6 cm³/mol. The maximum Gasteiger partial charge on any atom is 0.407 e. The predicted octanol–water partition coefficient (Wildman–Crippen LogP) is 3.01. The van der Waals surface area contributed by atoms with Crippen LogP contribution in [0.1, 0.15) is 53.2 Å². The normalized spacial score (nSPS) is 14.7. The molecule has 6 heteroatoms. The zero-order valence-electron chi connectivity index (χ0n) is 14.7. The molecule has 2 N–H and O–H groups in total. The van der Waals surface area contributed by atoms with Crippen molar-refractivity contribution in [3.63, 3.8) is 0 Å². The molecule has 0 fully saturated rings. The number of nitrogens with one attached hydrogen (secondary N) is 2. The van der Waals surface area contributed by atoms with Gasteiger partial charge in [0.2, 0.25) is 5.89 Å². The Morgan fingerprint density at radius 2 is 2.00 bits per heavy atom. The van der Waals surface area contributed by atoms with Crippen molar-refractivity contribution in [3.8, 4) is 0 Å². The quantitative estimate of drug-likeness (QED) is 0.844. The standard InChI is InChI=1S/C16H29N3O3/c1-11(2)16(7,10-18-14(20)22-15(4,5)6)19-9-13-17-8-12(3)21-13/h8,11,19H,9-10H2,1-7H3,(H,18,20). The van der Waals surface area contributed by atoms with Crippen molar-refractivity contribution in [2.24, 2.45) is 5.92 Å². The van der Waals surface area contributed by atoms with Crippen LogP contribution in [0.5, 0.6) is 0 Å². The van der Waals surface area contributed by atoms with Crippen LogP contribution in [0.3, 0.4) is 0 Å². The number of rotatable bonds is 6. The summed E-state index contributed by atoms with van der Waals surface area (Å²) < 4.78 is 10.7. The van der Waals surface area contributed by atoms with Crippen LogP contribution in [-0.4, -0.2) is 28.8 Å². The molecule has 0 aliphatic rings. The van der Waals surface area contributed by atoms with Crippen molar-refractivity contribution >= 4 is 6.09 Å². The summed E-state index contributed by atoms with van der Waals surface area (Å²) in [6.45, 7) is 14.6. The second kappa shape index (κ2) is 7.13. The molecule has 1 rings (SSSR count). The van der Waals surface area contributed by atoms with Gasteiger partial charge in [0.15, 0.2) is 0 Å². The molecule has 126 valence electrons. The van der Waals surface area contributed by atoms with Crippen LogP contribution in [0.4, 0.5) is 4.79 Å². The molecule has 1 aromatic rings. The number of aryl methyl sites for hydroxylation is 1. The molecule has 0 radical (unpaired) electrons. The molecule has 0 aliphatic carbocycles. The number of carbonyl (C=O) groups is 1. The Balaban J connectivity index is 2.57. The highest BCUT2D eigenvalue weighted by Crippen LogP contribution is 2.17. The van der Waals surface area contributed by atoms with Crippen LogP contribution in [-0.2, 0) is 11.3 Å². The van der Waals surface area contributed by atoms with Gasteiger partial charge in [0.05, 0.1) is 12.7 Å². The second-order valence-corrected chi connectivity index (χ2v) is 7.15. The molecule has 0 saturated heterocycles. The second-order valence-electron chi connectivity index (χ2n) is 7.15. The lowest BCUT2D eigenvalue weighted by atomic mass is 9.88. The van der Waals surface area contributed by atoms with E-state index in [1.807, 2.05) is 27.7 Å². The molecular formula is C16H29N3O3. The van der Waals surface area contributed by atoms with E-state index >= 15 is 0 Å². The largest absolute Gasteiger partial charge is 0.445 e. The Kier molecular flexibility index (Phi) is 6.00. The van der Waals surface area contributed by atoms with Gasteiger partial charge < -0.3 is 19.8 Å². The van der Waals surface area contributed by atoms with Crippen LogP contribution in [0.25, 0.3) is 0 Å². The van der Waals surface area contributed by atoms with Crippen LogP contribution >= 0.6 is 0 Å². The average molecular weight is 311 g/mol. The van der Waals surface area contributed by atoms with Gasteiger partial charge in [0.25, 0.3) is 0 Å². The van der Waals surface area contributed by atoms with Gasteiger partial charge in [-0.05, 0) is 40.5 Å². The first-order valence-electron chi connectivity index (χ1n) is 7.65. The van der Waals surface area contributed by atoms with E-state index in [0.29, 0.717) is 24.9 Å². The summed E-state index contributed by atoms with van der Waals surface area (Å²) >= 11 is 0. The summed E-state index contributed by atoms with van der Waals surface area (Å²) in [4.78, 5) is 16.0. The van der Waals surface area contributed by atoms with Crippen molar-refractivity contribution < 1.29 is 13.9 Å². The number of oxazole rings is 1. The SMILES string of the molecule is Cc1cnc(CNC(C)(CNC(=O)OC(C)(C)C)C(C)C)o1. The molecule has 1 atom stereocenters. The van der Waals surface area contributed by atoms with E-state index in [9.17, 15) is 4.79 Å². The molecule has 22 heavy (non-hydrogen) atoms. The van der Waals surface area contributed by atoms with Gasteiger partial charge in [-0.2, -0.15) is 0 Å². The molecule has 0 aliphatic heterocycles. The average Bonchev–Trinajstić information content (AvgIpc) is 2.77. The number of amides is 1. The maximum absolute atomic E-state index is 11.8. The van der Waals surface area contributed by atoms with E-state index in [0.717, 1.165) is 5.76 Å². The number of carbonyl (C=O) groups excluding carboxylic acids is 1. The van der Waals surface area contributed by atoms with Gasteiger partial charge in [-0.25, -0.2) is 9.78 Å². The molecule has 0 bridgehead atoms. The molecule has 1 unspecified atom stereocenters. The number of ether oxygens (including phenoxy) is 1. The minimum Gasteiger partial charge on any atom is -0.445 e. The van der Waals surface area contributed by atoms with E-state index < -0.39 is 11.7 Å². The third-order valence-corrected chi connectivity index (χ3v) is 3.59. The first-order valence-corrected chi connectivity index (χ1v) is 7.65. The molecule has 6 nitrogen and oxygen atoms in total. The number of nitrogens with zero attached hydrogens (tertiary/aromatic N) is 1. The Labute approximate surface area is 133 Å². The smallest absolute Gasteiger partial charge is 0.407 e. The molecule has 0 aromatic carbocycles. The van der Waals surface area contributed by atoms with Crippen molar-refractivity contribution in [2.75, 3.05) is 6.54 Å². The van der Waals surface area contributed by atoms with E-state index in [1.54, 1.807) is 6.20 Å². The number of aromatic nitrogens is 1. The highest BCUT2D eigenvalue weighted by Gasteiger charge is 2.29. The number of alkyl carbamates (subject to hydrolysis) is 1. The Morgan fingerprint density at radius 3 is 2.45 bits per heavy atom. The Bertz CT molecular complexity index is 491. The lowest BCUT2D eigenvalue weighted by molar-refractivity contribution is 0.0502. The number of hydrogen-bond donors (Lipinski definition) is 2. The summed E-state index contributed by atoms with van der Waals surface area (Å²) in [5.74, 6) is 1.73. The van der Waals surface area contributed by atoms with Gasteiger partial charge in [0.1, 0.15) is 11.4 Å². The fourth-order valence-electron chi connectivity index (χ4n) is 1.80.